The minimum absolute atomic E-state index is 0.323. The molecule has 1 N–H and O–H groups in total. The van der Waals surface area contributed by atoms with Gasteiger partial charge >= 0.3 is 5.97 Å². The van der Waals surface area contributed by atoms with Crippen molar-refractivity contribution in [2.75, 3.05) is 18.5 Å². The van der Waals surface area contributed by atoms with Gasteiger partial charge in [-0.1, -0.05) is 0 Å². The Morgan fingerprint density at radius 1 is 1.71 bits per heavy atom. The van der Waals surface area contributed by atoms with Crippen molar-refractivity contribution in [2.24, 2.45) is 0 Å². The van der Waals surface area contributed by atoms with Gasteiger partial charge in [0.2, 0.25) is 0 Å². The Hall–Kier alpha value is -1.54. The molecule has 74 valence electrons. The molecule has 1 aromatic heterocycles. The van der Waals surface area contributed by atoms with E-state index < -0.39 is 5.97 Å². The second-order valence-corrected chi connectivity index (χ2v) is 3.83. The molecule has 0 aliphatic heterocycles. The molecule has 0 saturated carbocycles. The van der Waals surface area contributed by atoms with Gasteiger partial charge in [-0.25, -0.2) is 4.79 Å². The first-order chi connectivity index (χ1) is 6.65. The molecule has 0 aliphatic carbocycles. The molecular formula is C9H10N2O2S. The summed E-state index contributed by atoms with van der Waals surface area (Å²) in [5.41, 5.74) is 0. The number of carboxylic acids is 1. The predicted octanol–water partition coefficient (Wildman–Crippen LogP) is 1.80. The van der Waals surface area contributed by atoms with Gasteiger partial charge in [0.25, 0.3) is 0 Å². The van der Waals surface area contributed by atoms with Crippen molar-refractivity contribution in [2.45, 2.75) is 6.42 Å². The first-order valence-electron chi connectivity index (χ1n) is 4.06. The van der Waals surface area contributed by atoms with Gasteiger partial charge < -0.3 is 10.0 Å². The maximum Gasteiger partial charge on any atom is 0.345 e. The lowest BCUT2D eigenvalue weighted by molar-refractivity contribution is 0.0702. The molecule has 0 aliphatic rings. The van der Waals surface area contributed by atoms with Gasteiger partial charge in [0.15, 0.2) is 0 Å². The van der Waals surface area contributed by atoms with Crippen LogP contribution in [0.3, 0.4) is 0 Å². The molecule has 0 bridgehead atoms. The highest BCUT2D eigenvalue weighted by Crippen LogP contribution is 2.24. The largest absolute Gasteiger partial charge is 0.477 e. The molecule has 0 atom stereocenters. The minimum atomic E-state index is -0.907. The summed E-state index contributed by atoms with van der Waals surface area (Å²) in [6, 6.07) is 5.37. The molecule has 0 amide bonds. The van der Waals surface area contributed by atoms with Gasteiger partial charge in [-0.2, -0.15) is 5.26 Å². The first kappa shape index (κ1) is 10.5. The van der Waals surface area contributed by atoms with Crippen LogP contribution in [-0.2, 0) is 0 Å². The fraction of sp³-hybridized carbons (Fsp3) is 0.333. The third kappa shape index (κ3) is 2.47. The van der Waals surface area contributed by atoms with E-state index in [4.69, 9.17) is 10.4 Å². The van der Waals surface area contributed by atoms with Gasteiger partial charge in [0.1, 0.15) is 4.88 Å². The lowest BCUT2D eigenvalue weighted by Crippen LogP contribution is -2.16. The highest BCUT2D eigenvalue weighted by Gasteiger charge is 2.09. The number of aromatic carboxylic acids is 1. The van der Waals surface area contributed by atoms with Crippen molar-refractivity contribution in [1.29, 1.82) is 5.26 Å². The van der Waals surface area contributed by atoms with Crippen LogP contribution < -0.4 is 4.90 Å². The molecule has 0 radical (unpaired) electrons. The number of nitriles is 1. The summed E-state index contributed by atoms with van der Waals surface area (Å²) < 4.78 is 0. The lowest BCUT2D eigenvalue weighted by atomic mass is 10.4. The van der Waals surface area contributed by atoms with Gasteiger partial charge in [-0.05, 0) is 12.1 Å². The van der Waals surface area contributed by atoms with Crippen LogP contribution in [0.25, 0.3) is 0 Å². The third-order valence-electron chi connectivity index (χ3n) is 1.74. The Labute approximate surface area is 86.0 Å². The van der Waals surface area contributed by atoms with Gasteiger partial charge in [-0.3, -0.25) is 0 Å². The standard InChI is InChI=1S/C9H10N2O2S/c1-11(6-2-5-10)8-4-3-7(14-8)9(12)13/h3-4H,2,6H2,1H3,(H,12,13). The molecular weight excluding hydrogens is 200 g/mol. The van der Waals surface area contributed by atoms with Crippen LogP contribution in [0.1, 0.15) is 16.1 Å². The first-order valence-corrected chi connectivity index (χ1v) is 4.88. The monoisotopic (exact) mass is 210 g/mol. The number of hydrogen-bond donors (Lipinski definition) is 1. The molecule has 1 rings (SSSR count). The summed E-state index contributed by atoms with van der Waals surface area (Å²) in [4.78, 5) is 12.8. The third-order valence-corrected chi connectivity index (χ3v) is 2.93. The molecule has 0 unspecified atom stereocenters. The SMILES string of the molecule is CN(CCC#N)c1ccc(C(=O)O)s1. The van der Waals surface area contributed by atoms with Gasteiger partial charge in [-0.15, -0.1) is 11.3 Å². The smallest absolute Gasteiger partial charge is 0.345 e. The average Bonchev–Trinajstić information content (AvgIpc) is 2.62. The summed E-state index contributed by atoms with van der Waals surface area (Å²) in [7, 11) is 1.84. The Morgan fingerprint density at radius 2 is 2.43 bits per heavy atom. The van der Waals surface area contributed by atoms with E-state index in [0.717, 1.165) is 5.00 Å². The average molecular weight is 210 g/mol. The highest BCUT2D eigenvalue weighted by molar-refractivity contribution is 7.17. The Bertz CT molecular complexity index is 367. The maximum absolute atomic E-state index is 10.6. The van der Waals surface area contributed by atoms with Crippen LogP contribution in [0, 0.1) is 11.3 Å². The summed E-state index contributed by atoms with van der Waals surface area (Å²) in [6.45, 7) is 0.621. The fourth-order valence-corrected chi connectivity index (χ4v) is 1.81. The molecule has 0 aromatic carbocycles. The van der Waals surface area contributed by atoms with Crippen LogP contribution in [0.4, 0.5) is 5.00 Å². The van der Waals surface area contributed by atoms with Crippen molar-refractivity contribution >= 4 is 22.3 Å². The molecule has 0 spiro atoms. The Kier molecular flexibility index (Phi) is 3.48. The van der Waals surface area contributed by atoms with E-state index in [-0.39, 0.29) is 0 Å². The van der Waals surface area contributed by atoms with Crippen molar-refractivity contribution in [1.82, 2.24) is 0 Å². The molecule has 1 heterocycles. The molecule has 1 aromatic rings. The van der Waals surface area contributed by atoms with Crippen molar-refractivity contribution in [3.63, 3.8) is 0 Å². The zero-order chi connectivity index (χ0) is 10.6. The second-order valence-electron chi connectivity index (χ2n) is 2.77. The number of carbonyl (C=O) groups is 1. The van der Waals surface area contributed by atoms with E-state index in [9.17, 15) is 4.79 Å². The predicted molar refractivity (Wildman–Crippen MR) is 54.8 cm³/mol. The topological polar surface area (TPSA) is 64.3 Å². The van der Waals surface area contributed by atoms with Crippen LogP contribution in [0.2, 0.25) is 0 Å². The molecule has 5 heteroatoms. The van der Waals surface area contributed by atoms with E-state index in [0.29, 0.717) is 17.8 Å². The van der Waals surface area contributed by atoms with E-state index in [2.05, 4.69) is 0 Å². The van der Waals surface area contributed by atoms with E-state index in [1.165, 1.54) is 11.3 Å². The zero-order valence-corrected chi connectivity index (χ0v) is 8.54. The zero-order valence-electron chi connectivity index (χ0n) is 7.73. The van der Waals surface area contributed by atoms with E-state index in [1.807, 2.05) is 18.0 Å². The summed E-state index contributed by atoms with van der Waals surface area (Å²) in [5.74, 6) is -0.907. The molecule has 0 saturated heterocycles. The number of nitrogens with zero attached hydrogens (tertiary/aromatic N) is 2. The van der Waals surface area contributed by atoms with Crippen LogP contribution >= 0.6 is 11.3 Å². The van der Waals surface area contributed by atoms with Crippen molar-refractivity contribution < 1.29 is 9.90 Å². The summed E-state index contributed by atoms with van der Waals surface area (Å²) in [6.07, 6.45) is 0.441. The number of thiophene rings is 1. The Balaban J connectivity index is 2.67. The molecule has 0 fully saturated rings. The normalized spacial score (nSPS) is 9.43. The molecule has 14 heavy (non-hydrogen) atoms. The summed E-state index contributed by atoms with van der Waals surface area (Å²) >= 11 is 1.22. The lowest BCUT2D eigenvalue weighted by Gasteiger charge is -2.14. The minimum Gasteiger partial charge on any atom is -0.477 e. The molecule has 4 nitrogen and oxygen atoms in total. The van der Waals surface area contributed by atoms with Crippen molar-refractivity contribution in [3.8, 4) is 6.07 Å². The Morgan fingerprint density at radius 3 is 2.93 bits per heavy atom. The second kappa shape index (κ2) is 4.63. The van der Waals surface area contributed by atoms with Crippen LogP contribution in [0.5, 0.6) is 0 Å². The fourth-order valence-electron chi connectivity index (χ4n) is 0.976. The quantitative estimate of drug-likeness (QED) is 0.823. The van der Waals surface area contributed by atoms with E-state index >= 15 is 0 Å². The number of anilines is 1. The number of rotatable bonds is 4. The van der Waals surface area contributed by atoms with Gasteiger partial charge in [0, 0.05) is 13.6 Å². The van der Waals surface area contributed by atoms with Crippen molar-refractivity contribution in [3.05, 3.63) is 17.0 Å². The maximum atomic E-state index is 10.6. The van der Waals surface area contributed by atoms with Crippen LogP contribution in [-0.4, -0.2) is 24.7 Å². The number of carboxylic acid groups (broad SMARTS) is 1. The summed E-state index contributed by atoms with van der Waals surface area (Å²) in [5, 5.41) is 18.0. The number of hydrogen-bond acceptors (Lipinski definition) is 4. The highest BCUT2D eigenvalue weighted by atomic mass is 32.1. The van der Waals surface area contributed by atoms with Crippen LogP contribution in [0.15, 0.2) is 12.1 Å². The van der Waals surface area contributed by atoms with Gasteiger partial charge in [0.05, 0.1) is 17.5 Å². The van der Waals surface area contributed by atoms with E-state index in [1.54, 1.807) is 12.1 Å².